The van der Waals surface area contributed by atoms with Gasteiger partial charge in [-0.25, -0.2) is 0 Å². The third-order valence-electron chi connectivity index (χ3n) is 4.46. The summed E-state index contributed by atoms with van der Waals surface area (Å²) in [4.78, 5) is 22.3. The summed E-state index contributed by atoms with van der Waals surface area (Å²) in [6.45, 7) is 3.34. The molecule has 0 bridgehead atoms. The van der Waals surface area contributed by atoms with Crippen LogP contribution < -0.4 is 5.11 Å². The first-order valence-electron chi connectivity index (χ1n) is 10.0. The summed E-state index contributed by atoms with van der Waals surface area (Å²) in [6.07, 6.45) is 13.6. The SMILES string of the molecule is CCCCCCCCCCCCOC(=O)CCC[N+](C)(C)CC(=O)[O-]. The summed E-state index contributed by atoms with van der Waals surface area (Å²) in [5, 5.41) is 10.6. The zero-order valence-electron chi connectivity index (χ0n) is 16.7. The fourth-order valence-electron chi connectivity index (χ4n) is 2.93. The van der Waals surface area contributed by atoms with E-state index in [1.807, 2.05) is 14.1 Å². The lowest BCUT2D eigenvalue weighted by Crippen LogP contribution is -2.48. The standard InChI is InChI=1S/C20H39NO4/c1-4-5-6-7-8-9-10-11-12-13-17-25-20(24)15-14-16-21(2,3)18-19(22)23/h4-18H2,1-3H3. The van der Waals surface area contributed by atoms with E-state index in [-0.39, 0.29) is 12.5 Å². The number of unbranched alkanes of at least 4 members (excludes halogenated alkanes) is 9. The van der Waals surface area contributed by atoms with E-state index in [1.165, 1.54) is 51.4 Å². The fraction of sp³-hybridized carbons (Fsp3) is 0.900. The number of carbonyl (C=O) groups is 2. The van der Waals surface area contributed by atoms with Crippen molar-refractivity contribution in [1.82, 2.24) is 0 Å². The van der Waals surface area contributed by atoms with Crippen LogP contribution in [0.2, 0.25) is 0 Å². The number of likely N-dealkylation sites (N-methyl/N-ethyl adjacent to an activating group) is 1. The molecule has 0 radical (unpaired) electrons. The molecule has 0 aromatic rings. The van der Waals surface area contributed by atoms with Gasteiger partial charge in [-0.15, -0.1) is 0 Å². The van der Waals surface area contributed by atoms with Crippen LogP contribution in [0.4, 0.5) is 0 Å². The van der Waals surface area contributed by atoms with Gasteiger partial charge in [0.2, 0.25) is 0 Å². The first-order chi connectivity index (χ1) is 11.9. The highest BCUT2D eigenvalue weighted by molar-refractivity contribution is 5.69. The lowest BCUT2D eigenvalue weighted by atomic mass is 10.1. The summed E-state index contributed by atoms with van der Waals surface area (Å²) < 4.78 is 5.56. The van der Waals surface area contributed by atoms with E-state index >= 15 is 0 Å². The third kappa shape index (κ3) is 17.5. The van der Waals surface area contributed by atoms with Gasteiger partial charge in [-0.2, -0.15) is 0 Å². The summed E-state index contributed by atoms with van der Waals surface area (Å²) in [7, 11) is 3.65. The maximum Gasteiger partial charge on any atom is 0.306 e. The Balaban J connectivity index is 3.40. The molecule has 0 aromatic carbocycles. The van der Waals surface area contributed by atoms with E-state index in [1.54, 1.807) is 0 Å². The van der Waals surface area contributed by atoms with Crippen LogP contribution in [-0.2, 0) is 14.3 Å². The predicted octanol–water partition coefficient (Wildman–Crippen LogP) is 3.06. The van der Waals surface area contributed by atoms with Crippen LogP contribution in [0.25, 0.3) is 0 Å². The normalized spacial score (nSPS) is 11.5. The van der Waals surface area contributed by atoms with Crippen LogP contribution in [0.5, 0.6) is 0 Å². The number of hydrogen-bond donors (Lipinski definition) is 0. The number of carboxylic acid groups (broad SMARTS) is 1. The minimum absolute atomic E-state index is 0.0341. The molecule has 0 aromatic heterocycles. The van der Waals surface area contributed by atoms with Crippen molar-refractivity contribution < 1.29 is 23.9 Å². The Hall–Kier alpha value is -1.10. The van der Waals surface area contributed by atoms with E-state index in [0.29, 0.717) is 30.5 Å². The first kappa shape index (κ1) is 23.9. The van der Waals surface area contributed by atoms with Crippen molar-refractivity contribution in [3.8, 4) is 0 Å². The van der Waals surface area contributed by atoms with Crippen LogP contribution in [0, 0.1) is 0 Å². The largest absolute Gasteiger partial charge is 0.544 e. The maximum absolute atomic E-state index is 11.7. The van der Waals surface area contributed by atoms with Crippen molar-refractivity contribution in [3.05, 3.63) is 0 Å². The van der Waals surface area contributed by atoms with Gasteiger partial charge in [-0.1, -0.05) is 64.7 Å². The monoisotopic (exact) mass is 357 g/mol. The van der Waals surface area contributed by atoms with Crippen molar-refractivity contribution in [3.63, 3.8) is 0 Å². The van der Waals surface area contributed by atoms with Gasteiger partial charge in [0.15, 0.2) is 0 Å². The molecule has 0 N–H and O–H groups in total. The Bertz CT molecular complexity index is 356. The molecule has 0 heterocycles. The number of carbonyl (C=O) groups excluding carboxylic acids is 2. The second-order valence-corrected chi connectivity index (χ2v) is 7.70. The van der Waals surface area contributed by atoms with E-state index in [0.717, 1.165) is 12.8 Å². The summed E-state index contributed by atoms with van der Waals surface area (Å²) in [6, 6.07) is 0. The summed E-state index contributed by atoms with van der Waals surface area (Å²) in [5.74, 6) is -1.24. The lowest BCUT2D eigenvalue weighted by molar-refractivity contribution is -0.884. The molecule has 5 nitrogen and oxygen atoms in total. The van der Waals surface area contributed by atoms with Gasteiger partial charge in [0.1, 0.15) is 6.54 Å². The number of aliphatic carboxylic acids is 1. The molecule has 0 spiro atoms. The maximum atomic E-state index is 11.7. The van der Waals surface area contributed by atoms with E-state index < -0.39 is 5.97 Å². The van der Waals surface area contributed by atoms with Crippen LogP contribution in [-0.4, -0.2) is 50.2 Å². The van der Waals surface area contributed by atoms with E-state index in [9.17, 15) is 14.7 Å². The van der Waals surface area contributed by atoms with Gasteiger partial charge < -0.3 is 19.1 Å². The molecule has 0 saturated carbocycles. The smallest absolute Gasteiger partial charge is 0.306 e. The highest BCUT2D eigenvalue weighted by atomic mass is 16.5. The lowest BCUT2D eigenvalue weighted by Gasteiger charge is -2.29. The molecule has 5 heteroatoms. The van der Waals surface area contributed by atoms with Crippen molar-refractivity contribution in [2.45, 2.75) is 84.0 Å². The van der Waals surface area contributed by atoms with Crippen LogP contribution >= 0.6 is 0 Å². The topological polar surface area (TPSA) is 66.4 Å². The fourth-order valence-corrected chi connectivity index (χ4v) is 2.93. The number of hydrogen-bond acceptors (Lipinski definition) is 4. The molecule has 0 aliphatic heterocycles. The summed E-state index contributed by atoms with van der Waals surface area (Å²) >= 11 is 0. The van der Waals surface area contributed by atoms with Crippen molar-refractivity contribution in [2.24, 2.45) is 0 Å². The van der Waals surface area contributed by atoms with Crippen molar-refractivity contribution in [2.75, 3.05) is 33.8 Å². The number of esters is 1. The zero-order valence-corrected chi connectivity index (χ0v) is 16.7. The van der Waals surface area contributed by atoms with Crippen molar-refractivity contribution >= 4 is 11.9 Å². The molecule has 0 unspecified atom stereocenters. The molecule has 25 heavy (non-hydrogen) atoms. The molecule has 0 saturated heterocycles. The number of nitrogens with zero attached hydrogens (tertiary/aromatic N) is 1. The van der Waals surface area contributed by atoms with Gasteiger partial charge in [-0.3, -0.25) is 4.79 Å². The second kappa shape index (κ2) is 15.2. The van der Waals surface area contributed by atoms with Crippen molar-refractivity contribution in [1.29, 1.82) is 0 Å². The number of quaternary nitrogens is 1. The van der Waals surface area contributed by atoms with Crippen LogP contribution in [0.15, 0.2) is 0 Å². The van der Waals surface area contributed by atoms with E-state index in [4.69, 9.17) is 4.74 Å². The van der Waals surface area contributed by atoms with Gasteiger partial charge >= 0.3 is 5.97 Å². The molecule has 148 valence electrons. The molecule has 0 atom stereocenters. The minimum Gasteiger partial charge on any atom is -0.544 e. The van der Waals surface area contributed by atoms with Gasteiger partial charge in [0.05, 0.1) is 39.6 Å². The number of ether oxygens (including phenoxy) is 1. The average molecular weight is 358 g/mol. The van der Waals surface area contributed by atoms with Gasteiger partial charge in [0.25, 0.3) is 0 Å². The van der Waals surface area contributed by atoms with Crippen LogP contribution in [0.3, 0.4) is 0 Å². The molecule has 0 fully saturated rings. The number of rotatable bonds is 17. The zero-order chi connectivity index (χ0) is 19.0. The van der Waals surface area contributed by atoms with E-state index in [2.05, 4.69) is 6.92 Å². The van der Waals surface area contributed by atoms with Crippen LogP contribution in [0.1, 0.15) is 84.0 Å². The Morgan fingerprint density at radius 1 is 0.840 bits per heavy atom. The highest BCUT2D eigenvalue weighted by Gasteiger charge is 2.16. The molecular weight excluding hydrogens is 318 g/mol. The average Bonchev–Trinajstić information content (AvgIpc) is 2.51. The quantitative estimate of drug-likeness (QED) is 0.228. The minimum atomic E-state index is -1.06. The molecule has 0 amide bonds. The molecule has 0 aliphatic carbocycles. The van der Waals surface area contributed by atoms with Gasteiger partial charge in [0, 0.05) is 6.42 Å². The number of carboxylic acids is 1. The first-order valence-corrected chi connectivity index (χ1v) is 10.0. The molecular formula is C20H39NO4. The Kier molecular flexibility index (Phi) is 14.5. The Morgan fingerprint density at radius 2 is 1.36 bits per heavy atom. The summed E-state index contributed by atoms with van der Waals surface area (Å²) in [5.41, 5.74) is 0. The highest BCUT2D eigenvalue weighted by Crippen LogP contribution is 2.10. The van der Waals surface area contributed by atoms with Gasteiger partial charge in [-0.05, 0) is 6.42 Å². The predicted molar refractivity (Wildman–Crippen MR) is 98.9 cm³/mol. The Morgan fingerprint density at radius 3 is 1.88 bits per heavy atom. The molecule has 0 aliphatic rings. The molecule has 0 rings (SSSR count). The second-order valence-electron chi connectivity index (χ2n) is 7.70. The Labute approximate surface area is 154 Å². The third-order valence-corrected chi connectivity index (χ3v) is 4.46.